The SMILES string of the molecule is CC(C)(C(=O)N1CC[C@@](O)(CN2CCCC2)C1)n1cncn1. The molecule has 3 heterocycles. The first kappa shape index (κ1) is 15.4. The van der Waals surface area contributed by atoms with Crippen LogP contribution >= 0.6 is 0 Å². The number of rotatable bonds is 4. The van der Waals surface area contributed by atoms with Crippen molar-refractivity contribution in [2.24, 2.45) is 0 Å². The number of amides is 1. The summed E-state index contributed by atoms with van der Waals surface area (Å²) >= 11 is 0. The van der Waals surface area contributed by atoms with Crippen molar-refractivity contribution >= 4 is 5.91 Å². The lowest BCUT2D eigenvalue weighted by molar-refractivity contribution is -0.139. The molecule has 2 aliphatic heterocycles. The Labute approximate surface area is 130 Å². The maximum Gasteiger partial charge on any atom is 0.250 e. The number of β-amino-alcohol motifs (C(OH)–C–C–N with tert-alkyl or cyclic N) is 1. The molecular weight excluding hydrogens is 282 g/mol. The number of hydrogen-bond acceptors (Lipinski definition) is 5. The van der Waals surface area contributed by atoms with Gasteiger partial charge in [0.2, 0.25) is 5.91 Å². The van der Waals surface area contributed by atoms with Gasteiger partial charge in [-0.15, -0.1) is 0 Å². The van der Waals surface area contributed by atoms with Gasteiger partial charge < -0.3 is 14.9 Å². The second-order valence-corrected chi connectivity index (χ2v) is 7.08. The van der Waals surface area contributed by atoms with Gasteiger partial charge in [-0.2, -0.15) is 5.10 Å². The van der Waals surface area contributed by atoms with E-state index in [4.69, 9.17) is 0 Å². The summed E-state index contributed by atoms with van der Waals surface area (Å²) in [4.78, 5) is 20.8. The van der Waals surface area contributed by atoms with E-state index in [0.717, 1.165) is 13.1 Å². The van der Waals surface area contributed by atoms with Crippen LogP contribution in [0.2, 0.25) is 0 Å². The van der Waals surface area contributed by atoms with Crippen molar-refractivity contribution in [1.82, 2.24) is 24.6 Å². The van der Waals surface area contributed by atoms with Gasteiger partial charge in [0.05, 0.1) is 12.1 Å². The molecule has 0 aromatic carbocycles. The first-order chi connectivity index (χ1) is 10.4. The predicted octanol–water partition coefficient (Wildman–Crippen LogP) is 0.0724. The van der Waals surface area contributed by atoms with Crippen molar-refractivity contribution in [3.05, 3.63) is 12.7 Å². The van der Waals surface area contributed by atoms with Gasteiger partial charge in [-0.05, 0) is 46.2 Å². The lowest BCUT2D eigenvalue weighted by Crippen LogP contribution is -2.49. The molecule has 0 unspecified atom stereocenters. The van der Waals surface area contributed by atoms with Crippen molar-refractivity contribution in [2.75, 3.05) is 32.7 Å². The molecule has 1 amide bonds. The molecule has 0 saturated carbocycles. The molecule has 0 radical (unpaired) electrons. The first-order valence-corrected chi connectivity index (χ1v) is 8.00. The van der Waals surface area contributed by atoms with E-state index >= 15 is 0 Å². The van der Waals surface area contributed by atoms with Crippen LogP contribution in [0.25, 0.3) is 0 Å². The Kier molecular flexibility index (Phi) is 3.94. The van der Waals surface area contributed by atoms with Gasteiger partial charge in [-0.1, -0.05) is 0 Å². The van der Waals surface area contributed by atoms with Gasteiger partial charge in [0.1, 0.15) is 18.2 Å². The molecule has 0 spiro atoms. The number of hydrogen-bond donors (Lipinski definition) is 1. The van der Waals surface area contributed by atoms with Crippen LogP contribution in [0.4, 0.5) is 0 Å². The molecular formula is C15H25N5O2. The molecule has 122 valence electrons. The molecule has 1 aromatic heterocycles. The number of aromatic nitrogens is 3. The second-order valence-electron chi connectivity index (χ2n) is 7.08. The predicted molar refractivity (Wildman–Crippen MR) is 81.2 cm³/mol. The van der Waals surface area contributed by atoms with Crippen molar-refractivity contribution in [1.29, 1.82) is 0 Å². The highest BCUT2D eigenvalue weighted by atomic mass is 16.3. The van der Waals surface area contributed by atoms with Crippen LogP contribution in [-0.2, 0) is 10.3 Å². The Morgan fingerprint density at radius 1 is 1.32 bits per heavy atom. The largest absolute Gasteiger partial charge is 0.387 e. The van der Waals surface area contributed by atoms with E-state index in [0.29, 0.717) is 26.1 Å². The minimum Gasteiger partial charge on any atom is -0.387 e. The van der Waals surface area contributed by atoms with E-state index in [2.05, 4.69) is 15.0 Å². The zero-order chi connectivity index (χ0) is 15.8. The fourth-order valence-electron chi connectivity index (χ4n) is 3.50. The van der Waals surface area contributed by atoms with Crippen molar-refractivity contribution in [2.45, 2.75) is 44.2 Å². The van der Waals surface area contributed by atoms with Crippen LogP contribution in [0.15, 0.2) is 12.7 Å². The molecule has 0 aliphatic carbocycles. The van der Waals surface area contributed by atoms with Crippen molar-refractivity contribution in [3.63, 3.8) is 0 Å². The minimum atomic E-state index is -0.782. The molecule has 3 rings (SSSR count). The van der Waals surface area contributed by atoms with Crippen molar-refractivity contribution in [3.8, 4) is 0 Å². The summed E-state index contributed by atoms with van der Waals surface area (Å²) in [6, 6.07) is 0. The third-order valence-corrected chi connectivity index (χ3v) is 4.85. The zero-order valence-corrected chi connectivity index (χ0v) is 13.4. The molecule has 7 nitrogen and oxygen atoms in total. The van der Waals surface area contributed by atoms with Crippen LogP contribution in [0, 0.1) is 0 Å². The fourth-order valence-corrected chi connectivity index (χ4v) is 3.50. The minimum absolute atomic E-state index is 0.0182. The Morgan fingerprint density at radius 2 is 2.05 bits per heavy atom. The molecule has 2 aliphatic rings. The van der Waals surface area contributed by atoms with Gasteiger partial charge in [0.15, 0.2) is 0 Å². The molecule has 1 N–H and O–H groups in total. The van der Waals surface area contributed by atoms with Crippen LogP contribution in [-0.4, -0.2) is 73.9 Å². The Balaban J connectivity index is 1.65. The Hall–Kier alpha value is -1.47. The van der Waals surface area contributed by atoms with Gasteiger partial charge in [0.25, 0.3) is 0 Å². The highest BCUT2D eigenvalue weighted by molar-refractivity contribution is 5.84. The van der Waals surface area contributed by atoms with E-state index < -0.39 is 11.1 Å². The lowest BCUT2D eigenvalue weighted by atomic mass is 10.0. The summed E-state index contributed by atoms with van der Waals surface area (Å²) in [6.07, 6.45) is 6.05. The summed E-state index contributed by atoms with van der Waals surface area (Å²) in [5, 5.41) is 14.9. The normalized spacial score (nSPS) is 26.8. The highest BCUT2D eigenvalue weighted by Crippen LogP contribution is 2.27. The fraction of sp³-hybridized carbons (Fsp3) is 0.800. The first-order valence-electron chi connectivity index (χ1n) is 8.00. The molecule has 7 heteroatoms. The van der Waals surface area contributed by atoms with E-state index in [1.165, 1.54) is 19.2 Å². The quantitative estimate of drug-likeness (QED) is 0.852. The number of nitrogens with zero attached hydrogens (tertiary/aromatic N) is 5. The van der Waals surface area contributed by atoms with Crippen molar-refractivity contribution < 1.29 is 9.90 Å². The smallest absolute Gasteiger partial charge is 0.250 e. The molecule has 1 aromatic rings. The molecule has 2 saturated heterocycles. The van der Waals surface area contributed by atoms with Gasteiger partial charge in [0, 0.05) is 13.1 Å². The monoisotopic (exact) mass is 307 g/mol. The standard InChI is InChI=1S/C15H25N5O2/c1-14(2,20-12-16-11-17-20)13(21)19-8-5-15(22,10-19)9-18-6-3-4-7-18/h11-12,22H,3-10H2,1-2H3/t15-/m1/s1. The summed E-state index contributed by atoms with van der Waals surface area (Å²) in [7, 11) is 0. The lowest BCUT2D eigenvalue weighted by Gasteiger charge is -2.31. The molecule has 22 heavy (non-hydrogen) atoms. The summed E-state index contributed by atoms with van der Waals surface area (Å²) in [5.41, 5.74) is -1.56. The number of carbonyl (C=O) groups is 1. The van der Waals surface area contributed by atoms with Crippen LogP contribution in [0.1, 0.15) is 33.1 Å². The Bertz CT molecular complexity index is 524. The summed E-state index contributed by atoms with van der Waals surface area (Å²) in [5.74, 6) is -0.0182. The van der Waals surface area contributed by atoms with Gasteiger partial charge >= 0.3 is 0 Å². The van der Waals surface area contributed by atoms with E-state index in [-0.39, 0.29) is 5.91 Å². The average molecular weight is 307 g/mol. The second kappa shape index (κ2) is 5.62. The van der Waals surface area contributed by atoms with E-state index in [1.54, 1.807) is 15.9 Å². The third kappa shape index (κ3) is 2.87. The average Bonchev–Trinajstić information content (AvgIpc) is 3.19. The number of likely N-dealkylation sites (tertiary alicyclic amines) is 2. The zero-order valence-electron chi connectivity index (χ0n) is 13.4. The summed E-state index contributed by atoms with van der Waals surface area (Å²) in [6.45, 7) is 7.45. The molecule has 0 bridgehead atoms. The Morgan fingerprint density at radius 3 is 2.68 bits per heavy atom. The third-order valence-electron chi connectivity index (χ3n) is 4.85. The number of carbonyl (C=O) groups excluding carboxylic acids is 1. The van der Waals surface area contributed by atoms with E-state index in [9.17, 15) is 9.90 Å². The molecule has 1 atom stereocenters. The van der Waals surface area contributed by atoms with Gasteiger partial charge in [-0.25, -0.2) is 9.67 Å². The highest BCUT2D eigenvalue weighted by Gasteiger charge is 2.44. The van der Waals surface area contributed by atoms with Crippen LogP contribution in [0.5, 0.6) is 0 Å². The maximum absolute atomic E-state index is 12.8. The molecule has 2 fully saturated rings. The van der Waals surface area contributed by atoms with Crippen LogP contribution in [0.3, 0.4) is 0 Å². The van der Waals surface area contributed by atoms with Gasteiger partial charge in [-0.3, -0.25) is 4.79 Å². The maximum atomic E-state index is 12.8. The summed E-state index contributed by atoms with van der Waals surface area (Å²) < 4.78 is 1.58. The van der Waals surface area contributed by atoms with Crippen LogP contribution < -0.4 is 0 Å². The topological polar surface area (TPSA) is 74.5 Å². The number of aliphatic hydroxyl groups is 1. The van der Waals surface area contributed by atoms with E-state index in [1.807, 2.05) is 13.8 Å².